The molecular weight excluding hydrogens is 252 g/mol. The highest BCUT2D eigenvalue weighted by molar-refractivity contribution is 5.79. The Balaban J connectivity index is 1.86. The zero-order valence-corrected chi connectivity index (χ0v) is 12.2. The molecule has 0 saturated carbocycles. The molecule has 1 fully saturated rings. The van der Waals surface area contributed by atoms with Gasteiger partial charge in [0.1, 0.15) is 0 Å². The fourth-order valence-electron chi connectivity index (χ4n) is 2.63. The van der Waals surface area contributed by atoms with Crippen LogP contribution >= 0.6 is 0 Å². The number of nitrogen functional groups attached to an aromatic ring is 1. The average molecular weight is 276 g/mol. The Bertz CT molecular complexity index is 431. The van der Waals surface area contributed by atoms with Gasteiger partial charge in [0.05, 0.1) is 13.0 Å². The number of hydrogen-bond acceptors (Lipinski definition) is 3. The van der Waals surface area contributed by atoms with Crippen molar-refractivity contribution in [3.63, 3.8) is 0 Å². The van der Waals surface area contributed by atoms with Gasteiger partial charge in [-0.3, -0.25) is 4.79 Å². The summed E-state index contributed by atoms with van der Waals surface area (Å²) in [6.45, 7) is 5.22. The molecule has 0 bridgehead atoms. The Morgan fingerprint density at radius 2 is 2.15 bits per heavy atom. The summed E-state index contributed by atoms with van der Waals surface area (Å²) in [6, 6.07) is 7.54. The first-order valence-electron chi connectivity index (χ1n) is 7.39. The second-order valence-electron chi connectivity index (χ2n) is 5.43. The van der Waals surface area contributed by atoms with Crippen LogP contribution in [0.4, 0.5) is 5.69 Å². The highest BCUT2D eigenvalue weighted by Gasteiger charge is 2.23. The molecule has 4 nitrogen and oxygen atoms in total. The topological polar surface area (TPSA) is 55.6 Å². The van der Waals surface area contributed by atoms with Gasteiger partial charge >= 0.3 is 0 Å². The Hall–Kier alpha value is -1.55. The number of anilines is 1. The quantitative estimate of drug-likeness (QED) is 0.838. The maximum absolute atomic E-state index is 12.3. The van der Waals surface area contributed by atoms with Crippen molar-refractivity contribution in [3.05, 3.63) is 29.8 Å². The molecule has 1 atom stereocenters. The van der Waals surface area contributed by atoms with E-state index in [0.29, 0.717) is 12.3 Å². The molecule has 1 aliphatic rings. The second kappa shape index (κ2) is 7.29. The normalized spacial score (nSPS) is 19.1. The van der Waals surface area contributed by atoms with E-state index in [-0.39, 0.29) is 5.91 Å². The van der Waals surface area contributed by atoms with E-state index in [9.17, 15) is 4.79 Å². The molecule has 1 aromatic rings. The van der Waals surface area contributed by atoms with E-state index in [2.05, 4.69) is 0 Å². The number of carbonyl (C=O) groups excluding carboxylic acids is 1. The van der Waals surface area contributed by atoms with Gasteiger partial charge in [0, 0.05) is 25.4 Å². The molecule has 1 heterocycles. The minimum absolute atomic E-state index is 0.205. The molecule has 0 radical (unpaired) electrons. The van der Waals surface area contributed by atoms with Crippen molar-refractivity contribution in [2.45, 2.75) is 26.2 Å². The molecule has 2 rings (SSSR count). The van der Waals surface area contributed by atoms with Gasteiger partial charge in [0.15, 0.2) is 0 Å². The molecule has 110 valence electrons. The third-order valence-corrected chi connectivity index (χ3v) is 3.76. The lowest BCUT2D eigenvalue weighted by atomic mass is 9.98. The summed E-state index contributed by atoms with van der Waals surface area (Å²) in [5.41, 5.74) is 7.41. The van der Waals surface area contributed by atoms with Crippen molar-refractivity contribution in [2.75, 3.05) is 32.0 Å². The van der Waals surface area contributed by atoms with Crippen LogP contribution in [-0.4, -0.2) is 37.1 Å². The fourth-order valence-corrected chi connectivity index (χ4v) is 2.63. The molecule has 1 aromatic carbocycles. The lowest BCUT2D eigenvalue weighted by Gasteiger charge is -2.32. The number of amides is 1. The first-order valence-corrected chi connectivity index (χ1v) is 7.39. The SMILES string of the molecule is CCOCC1CCCN(C(=O)Cc2ccc(N)cc2)C1. The number of carbonyl (C=O) groups is 1. The number of nitrogens with zero attached hydrogens (tertiary/aromatic N) is 1. The van der Waals surface area contributed by atoms with E-state index in [0.717, 1.165) is 50.4 Å². The minimum atomic E-state index is 0.205. The molecule has 1 unspecified atom stereocenters. The maximum Gasteiger partial charge on any atom is 0.226 e. The fraction of sp³-hybridized carbons (Fsp3) is 0.562. The number of likely N-dealkylation sites (tertiary alicyclic amines) is 1. The first kappa shape index (κ1) is 14.9. The van der Waals surface area contributed by atoms with Crippen LogP contribution in [0, 0.1) is 5.92 Å². The predicted molar refractivity (Wildman–Crippen MR) is 80.4 cm³/mol. The van der Waals surface area contributed by atoms with Gasteiger partial charge in [-0.25, -0.2) is 0 Å². The van der Waals surface area contributed by atoms with Crippen LogP contribution < -0.4 is 5.73 Å². The van der Waals surface area contributed by atoms with Crippen molar-refractivity contribution in [2.24, 2.45) is 5.92 Å². The summed E-state index contributed by atoms with van der Waals surface area (Å²) in [6.07, 6.45) is 2.69. The zero-order valence-electron chi connectivity index (χ0n) is 12.2. The summed E-state index contributed by atoms with van der Waals surface area (Å²) in [7, 11) is 0. The summed E-state index contributed by atoms with van der Waals surface area (Å²) in [5.74, 6) is 0.690. The summed E-state index contributed by atoms with van der Waals surface area (Å²) >= 11 is 0. The summed E-state index contributed by atoms with van der Waals surface area (Å²) < 4.78 is 5.48. The predicted octanol–water partition coefficient (Wildman–Crippen LogP) is 2.09. The van der Waals surface area contributed by atoms with Gasteiger partial charge in [-0.15, -0.1) is 0 Å². The molecule has 0 aromatic heterocycles. The van der Waals surface area contributed by atoms with Crippen LogP contribution in [0.2, 0.25) is 0 Å². The Morgan fingerprint density at radius 3 is 2.85 bits per heavy atom. The van der Waals surface area contributed by atoms with Crippen molar-refractivity contribution >= 4 is 11.6 Å². The third kappa shape index (κ3) is 4.23. The van der Waals surface area contributed by atoms with E-state index in [4.69, 9.17) is 10.5 Å². The number of ether oxygens (including phenoxy) is 1. The molecule has 1 aliphatic heterocycles. The zero-order chi connectivity index (χ0) is 14.4. The summed E-state index contributed by atoms with van der Waals surface area (Å²) in [4.78, 5) is 14.3. The number of hydrogen-bond donors (Lipinski definition) is 1. The standard InChI is InChI=1S/C16H24N2O2/c1-2-20-12-14-4-3-9-18(11-14)16(19)10-13-5-7-15(17)8-6-13/h5-8,14H,2-4,9-12,17H2,1H3. The van der Waals surface area contributed by atoms with Crippen LogP contribution in [-0.2, 0) is 16.0 Å². The van der Waals surface area contributed by atoms with Crippen LogP contribution in [0.3, 0.4) is 0 Å². The van der Waals surface area contributed by atoms with E-state index in [1.807, 2.05) is 36.1 Å². The lowest BCUT2D eigenvalue weighted by Crippen LogP contribution is -2.42. The van der Waals surface area contributed by atoms with Gasteiger partial charge in [0.25, 0.3) is 0 Å². The van der Waals surface area contributed by atoms with Gasteiger partial charge in [-0.05, 0) is 43.4 Å². The lowest BCUT2D eigenvalue weighted by molar-refractivity contribution is -0.132. The maximum atomic E-state index is 12.3. The third-order valence-electron chi connectivity index (χ3n) is 3.76. The van der Waals surface area contributed by atoms with Crippen LogP contribution in [0.15, 0.2) is 24.3 Å². The highest BCUT2D eigenvalue weighted by Crippen LogP contribution is 2.18. The van der Waals surface area contributed by atoms with Gasteiger partial charge in [-0.2, -0.15) is 0 Å². The summed E-state index contributed by atoms with van der Waals surface area (Å²) in [5, 5.41) is 0. The molecule has 2 N–H and O–H groups in total. The van der Waals surface area contributed by atoms with E-state index in [1.54, 1.807) is 0 Å². The molecule has 1 saturated heterocycles. The molecule has 1 amide bonds. The molecular formula is C16H24N2O2. The first-order chi connectivity index (χ1) is 9.69. The molecule has 0 spiro atoms. The largest absolute Gasteiger partial charge is 0.399 e. The van der Waals surface area contributed by atoms with Crippen molar-refractivity contribution in [1.82, 2.24) is 4.90 Å². The number of rotatable bonds is 5. The van der Waals surface area contributed by atoms with Crippen molar-refractivity contribution < 1.29 is 9.53 Å². The Morgan fingerprint density at radius 1 is 1.40 bits per heavy atom. The monoisotopic (exact) mass is 276 g/mol. The number of piperidine rings is 1. The van der Waals surface area contributed by atoms with Crippen molar-refractivity contribution in [1.29, 1.82) is 0 Å². The van der Waals surface area contributed by atoms with Gasteiger partial charge < -0.3 is 15.4 Å². The highest BCUT2D eigenvalue weighted by atomic mass is 16.5. The van der Waals surface area contributed by atoms with Gasteiger partial charge in [-0.1, -0.05) is 12.1 Å². The average Bonchev–Trinajstić information content (AvgIpc) is 2.48. The van der Waals surface area contributed by atoms with Crippen LogP contribution in [0.5, 0.6) is 0 Å². The molecule has 20 heavy (non-hydrogen) atoms. The van der Waals surface area contributed by atoms with E-state index >= 15 is 0 Å². The second-order valence-corrected chi connectivity index (χ2v) is 5.43. The van der Waals surface area contributed by atoms with E-state index < -0.39 is 0 Å². The molecule has 0 aliphatic carbocycles. The van der Waals surface area contributed by atoms with Crippen LogP contribution in [0.25, 0.3) is 0 Å². The van der Waals surface area contributed by atoms with Gasteiger partial charge in [0.2, 0.25) is 5.91 Å². The number of nitrogens with two attached hydrogens (primary N) is 1. The van der Waals surface area contributed by atoms with Crippen molar-refractivity contribution in [3.8, 4) is 0 Å². The Kier molecular flexibility index (Phi) is 5.41. The van der Waals surface area contributed by atoms with Crippen LogP contribution in [0.1, 0.15) is 25.3 Å². The van der Waals surface area contributed by atoms with E-state index in [1.165, 1.54) is 0 Å². The molecule has 4 heteroatoms. The number of benzene rings is 1. The minimum Gasteiger partial charge on any atom is -0.399 e. The smallest absolute Gasteiger partial charge is 0.226 e. The Labute approximate surface area is 120 Å².